The van der Waals surface area contributed by atoms with E-state index in [4.69, 9.17) is 0 Å². The topological polar surface area (TPSA) is 0 Å². The monoisotopic (exact) mass is 516 g/mol. The van der Waals surface area contributed by atoms with Gasteiger partial charge in [-0.15, -0.1) is 22.7 Å². The van der Waals surface area contributed by atoms with Gasteiger partial charge >= 0.3 is 0 Å². The predicted molar refractivity (Wildman–Crippen MR) is 170 cm³/mol. The minimum absolute atomic E-state index is 1.28. The molecule has 0 aliphatic heterocycles. The highest BCUT2D eigenvalue weighted by Crippen LogP contribution is 2.44. The van der Waals surface area contributed by atoms with E-state index in [0.29, 0.717) is 0 Å². The van der Waals surface area contributed by atoms with Gasteiger partial charge in [-0.2, -0.15) is 0 Å². The largest absolute Gasteiger partial charge is 0.135 e. The summed E-state index contributed by atoms with van der Waals surface area (Å²) in [6.45, 7) is 0. The molecule has 176 valence electrons. The standard InChI is InChI=1S/C36H20S2/c1-3-9-25-21(7-1)17-22-8-2-4-10-26(22)35(25)24-14-16-33-30(18-24)28-15-13-23-19-34-31(20-29(23)36(28)38-33)27-11-5-6-12-32(27)37-34/h1-20H. The van der Waals surface area contributed by atoms with E-state index >= 15 is 0 Å². The first-order valence-electron chi connectivity index (χ1n) is 12.9. The summed E-state index contributed by atoms with van der Waals surface area (Å²) < 4.78 is 5.45. The molecule has 0 N–H and O–H groups in total. The van der Waals surface area contributed by atoms with E-state index in [1.807, 2.05) is 22.7 Å². The van der Waals surface area contributed by atoms with Crippen molar-refractivity contribution in [2.24, 2.45) is 0 Å². The van der Waals surface area contributed by atoms with Gasteiger partial charge in [-0.25, -0.2) is 0 Å². The minimum atomic E-state index is 1.28. The zero-order valence-electron chi connectivity index (χ0n) is 20.4. The molecule has 0 saturated heterocycles. The van der Waals surface area contributed by atoms with E-state index in [2.05, 4.69) is 121 Å². The van der Waals surface area contributed by atoms with E-state index in [9.17, 15) is 0 Å². The van der Waals surface area contributed by atoms with Crippen LogP contribution in [0.5, 0.6) is 0 Å². The van der Waals surface area contributed by atoms with Gasteiger partial charge in [0.15, 0.2) is 0 Å². The highest BCUT2D eigenvalue weighted by Gasteiger charge is 2.15. The summed E-state index contributed by atoms with van der Waals surface area (Å²) in [6.07, 6.45) is 0. The van der Waals surface area contributed by atoms with Crippen molar-refractivity contribution in [1.29, 1.82) is 0 Å². The summed E-state index contributed by atoms with van der Waals surface area (Å²) in [5.74, 6) is 0. The van der Waals surface area contributed by atoms with Crippen LogP contribution in [0.2, 0.25) is 0 Å². The Kier molecular flexibility index (Phi) is 4.18. The molecule has 2 heteroatoms. The first-order chi connectivity index (χ1) is 18.8. The molecular weight excluding hydrogens is 497 g/mol. The summed E-state index contributed by atoms with van der Waals surface area (Å²) in [4.78, 5) is 0. The summed E-state index contributed by atoms with van der Waals surface area (Å²) in [5.41, 5.74) is 2.61. The lowest BCUT2D eigenvalue weighted by atomic mass is 9.91. The molecule has 2 heterocycles. The van der Waals surface area contributed by atoms with E-state index in [1.54, 1.807) is 0 Å². The first kappa shape index (κ1) is 20.8. The Morgan fingerprint density at radius 1 is 0.342 bits per heavy atom. The van der Waals surface area contributed by atoms with Crippen LogP contribution in [-0.4, -0.2) is 0 Å². The number of hydrogen-bond acceptors (Lipinski definition) is 2. The van der Waals surface area contributed by atoms with Gasteiger partial charge in [0.25, 0.3) is 0 Å². The number of hydrogen-bond donors (Lipinski definition) is 0. The highest BCUT2D eigenvalue weighted by atomic mass is 32.1. The van der Waals surface area contributed by atoms with E-state index < -0.39 is 0 Å². The zero-order chi connectivity index (χ0) is 24.8. The lowest BCUT2D eigenvalue weighted by molar-refractivity contribution is 1.72. The SMILES string of the molecule is c1ccc2c(-c3ccc4sc5c6cc7c(cc6ccc5c4c3)sc3ccccc37)c3ccccc3cc2c1. The molecule has 0 bridgehead atoms. The highest BCUT2D eigenvalue weighted by molar-refractivity contribution is 7.27. The maximum Gasteiger partial charge on any atom is 0.0434 e. The van der Waals surface area contributed by atoms with E-state index in [0.717, 1.165) is 0 Å². The van der Waals surface area contributed by atoms with Gasteiger partial charge in [0.05, 0.1) is 0 Å². The van der Waals surface area contributed by atoms with E-state index in [1.165, 1.54) is 83.8 Å². The van der Waals surface area contributed by atoms with Gasteiger partial charge in [-0.05, 0) is 74.5 Å². The quantitative estimate of drug-likeness (QED) is 0.190. The van der Waals surface area contributed by atoms with Crippen LogP contribution in [0.3, 0.4) is 0 Å². The van der Waals surface area contributed by atoms with Gasteiger partial charge in [0, 0.05) is 45.7 Å². The first-order valence-corrected chi connectivity index (χ1v) is 14.6. The van der Waals surface area contributed by atoms with Crippen LogP contribution in [0.1, 0.15) is 0 Å². The Hall–Kier alpha value is -4.24. The lowest BCUT2D eigenvalue weighted by Crippen LogP contribution is -1.85. The Morgan fingerprint density at radius 3 is 1.82 bits per heavy atom. The second-order valence-electron chi connectivity index (χ2n) is 10.1. The normalized spacial score (nSPS) is 12.2. The Balaban J connectivity index is 1.36. The summed E-state index contributed by atoms with van der Waals surface area (Å²) in [5, 5.41) is 13.3. The van der Waals surface area contributed by atoms with Crippen LogP contribution in [0.4, 0.5) is 0 Å². The third-order valence-corrected chi connectivity index (χ3v) is 10.4. The summed E-state index contributed by atoms with van der Waals surface area (Å²) in [7, 11) is 0. The molecule has 7 aromatic carbocycles. The van der Waals surface area contributed by atoms with Crippen molar-refractivity contribution in [1.82, 2.24) is 0 Å². The maximum absolute atomic E-state index is 2.43. The fraction of sp³-hybridized carbons (Fsp3) is 0. The molecule has 0 amide bonds. The number of fused-ring (bicyclic) bond motifs is 10. The van der Waals surface area contributed by atoms with Gasteiger partial charge < -0.3 is 0 Å². The van der Waals surface area contributed by atoms with Crippen LogP contribution in [0.15, 0.2) is 121 Å². The van der Waals surface area contributed by atoms with Gasteiger partial charge in [0.2, 0.25) is 0 Å². The van der Waals surface area contributed by atoms with Gasteiger partial charge in [-0.3, -0.25) is 0 Å². The number of benzene rings is 7. The number of thiophene rings is 2. The molecule has 0 aliphatic rings. The molecule has 0 saturated carbocycles. The average molecular weight is 517 g/mol. The Morgan fingerprint density at radius 2 is 1.00 bits per heavy atom. The summed E-state index contributed by atoms with van der Waals surface area (Å²) >= 11 is 3.81. The molecule has 0 spiro atoms. The third kappa shape index (κ3) is 2.85. The molecule has 38 heavy (non-hydrogen) atoms. The molecule has 0 fully saturated rings. The predicted octanol–water partition coefficient (Wildman–Crippen LogP) is 11.5. The average Bonchev–Trinajstić information content (AvgIpc) is 3.52. The number of rotatable bonds is 1. The van der Waals surface area contributed by atoms with Crippen molar-refractivity contribution in [2.45, 2.75) is 0 Å². The lowest BCUT2D eigenvalue weighted by Gasteiger charge is -2.12. The molecule has 9 rings (SSSR count). The second-order valence-corrected chi connectivity index (χ2v) is 12.3. The molecule has 2 aromatic heterocycles. The van der Waals surface area contributed by atoms with Gasteiger partial charge in [0.1, 0.15) is 0 Å². The molecule has 0 radical (unpaired) electrons. The van der Waals surface area contributed by atoms with Crippen molar-refractivity contribution in [3.8, 4) is 11.1 Å². The van der Waals surface area contributed by atoms with Crippen LogP contribution in [0.25, 0.3) is 83.8 Å². The van der Waals surface area contributed by atoms with Crippen LogP contribution < -0.4 is 0 Å². The van der Waals surface area contributed by atoms with Crippen LogP contribution in [-0.2, 0) is 0 Å². The molecule has 0 unspecified atom stereocenters. The third-order valence-electron chi connectivity index (χ3n) is 8.01. The molecule has 9 aromatic rings. The fourth-order valence-corrected chi connectivity index (χ4v) is 8.60. The fourth-order valence-electron chi connectivity index (χ4n) is 6.26. The molecule has 0 aliphatic carbocycles. The van der Waals surface area contributed by atoms with Crippen LogP contribution in [0, 0.1) is 0 Å². The van der Waals surface area contributed by atoms with Crippen molar-refractivity contribution in [3.05, 3.63) is 121 Å². The summed E-state index contributed by atoms with van der Waals surface area (Å²) in [6, 6.07) is 45.2. The zero-order valence-corrected chi connectivity index (χ0v) is 22.0. The molecule has 0 atom stereocenters. The van der Waals surface area contributed by atoms with Crippen molar-refractivity contribution in [3.63, 3.8) is 0 Å². The minimum Gasteiger partial charge on any atom is -0.135 e. The Labute approximate surface area is 227 Å². The smallest absolute Gasteiger partial charge is 0.0434 e. The van der Waals surface area contributed by atoms with Crippen molar-refractivity contribution in [2.75, 3.05) is 0 Å². The van der Waals surface area contributed by atoms with Crippen molar-refractivity contribution >= 4 is 95.3 Å². The van der Waals surface area contributed by atoms with Gasteiger partial charge in [-0.1, -0.05) is 84.9 Å². The van der Waals surface area contributed by atoms with Crippen LogP contribution >= 0.6 is 22.7 Å². The van der Waals surface area contributed by atoms with E-state index in [-0.39, 0.29) is 0 Å². The second kappa shape index (κ2) is 7.64. The molecule has 0 nitrogen and oxygen atoms in total. The Bertz CT molecular complexity index is 2350. The van der Waals surface area contributed by atoms with Crippen molar-refractivity contribution < 1.29 is 0 Å². The maximum atomic E-state index is 2.43. The molecular formula is C36H20S2.